The van der Waals surface area contributed by atoms with Gasteiger partial charge in [0.25, 0.3) is 5.91 Å². The second kappa shape index (κ2) is 11.2. The smallest absolute Gasteiger partial charge is 0.416 e. The minimum atomic E-state index is -4.50. The number of carbonyl (C=O) groups excluding carboxylic acids is 1. The number of ether oxygens (including phenoxy) is 1. The van der Waals surface area contributed by atoms with E-state index in [1.807, 2.05) is 13.8 Å². The summed E-state index contributed by atoms with van der Waals surface area (Å²) in [4.78, 5) is 24.1. The molecule has 4 aromatic rings. The van der Waals surface area contributed by atoms with E-state index in [2.05, 4.69) is 27.4 Å². The van der Waals surface area contributed by atoms with E-state index >= 15 is 0 Å². The van der Waals surface area contributed by atoms with Gasteiger partial charge in [0.2, 0.25) is 11.8 Å². The molecule has 3 aromatic carbocycles. The summed E-state index contributed by atoms with van der Waals surface area (Å²) in [7, 11) is 0. The maximum absolute atomic E-state index is 13.3. The topological polar surface area (TPSA) is 115 Å². The second-order valence-electron chi connectivity index (χ2n) is 9.80. The lowest BCUT2D eigenvalue weighted by Gasteiger charge is -2.30. The molecule has 1 N–H and O–H groups in total. The van der Waals surface area contributed by atoms with E-state index in [0.717, 1.165) is 12.1 Å². The minimum Gasteiger partial charge on any atom is -0.438 e. The molecule has 1 aromatic heterocycles. The molecule has 42 heavy (non-hydrogen) atoms. The summed E-state index contributed by atoms with van der Waals surface area (Å²) in [5, 5.41) is 21.5. The van der Waals surface area contributed by atoms with Crippen LogP contribution in [0.5, 0.6) is 11.6 Å². The highest BCUT2D eigenvalue weighted by atomic mass is 19.4. The number of nitrogens with zero attached hydrogens (tertiary/aromatic N) is 5. The fourth-order valence-electron chi connectivity index (χ4n) is 4.71. The van der Waals surface area contributed by atoms with Gasteiger partial charge >= 0.3 is 6.18 Å². The van der Waals surface area contributed by atoms with Crippen LogP contribution < -0.4 is 10.1 Å². The van der Waals surface area contributed by atoms with Gasteiger partial charge in [-0.15, -0.1) is 0 Å². The van der Waals surface area contributed by atoms with Gasteiger partial charge < -0.3 is 15.0 Å². The normalized spacial score (nSPS) is 12.6. The molecule has 210 valence electrons. The van der Waals surface area contributed by atoms with Crippen molar-refractivity contribution in [3.8, 4) is 23.8 Å². The predicted octanol–water partition coefficient (Wildman–Crippen LogP) is 6.59. The quantitative estimate of drug-likeness (QED) is 0.289. The first-order valence-electron chi connectivity index (χ1n) is 12.9. The lowest BCUT2D eigenvalue weighted by molar-refractivity contribution is -0.137. The van der Waals surface area contributed by atoms with E-state index in [-0.39, 0.29) is 30.5 Å². The molecule has 0 radical (unpaired) electrons. The van der Waals surface area contributed by atoms with Crippen LogP contribution >= 0.6 is 0 Å². The molecule has 1 aliphatic heterocycles. The maximum atomic E-state index is 13.3. The molecule has 0 unspecified atom stereocenters. The highest BCUT2D eigenvalue weighted by molar-refractivity contribution is 5.94. The maximum Gasteiger partial charge on any atom is 0.416 e. The molecule has 1 amide bonds. The van der Waals surface area contributed by atoms with Crippen LogP contribution in [0.15, 0.2) is 60.7 Å². The van der Waals surface area contributed by atoms with Gasteiger partial charge in [-0.1, -0.05) is 0 Å². The number of halogens is 3. The van der Waals surface area contributed by atoms with Crippen LogP contribution in [0.1, 0.15) is 49.4 Å². The Morgan fingerprint density at radius 3 is 2.19 bits per heavy atom. The number of alkyl halides is 3. The van der Waals surface area contributed by atoms with Crippen molar-refractivity contribution >= 4 is 17.5 Å². The summed E-state index contributed by atoms with van der Waals surface area (Å²) < 4.78 is 45.4. The summed E-state index contributed by atoms with van der Waals surface area (Å²) in [6.07, 6.45) is -4.14. The fourth-order valence-corrected chi connectivity index (χ4v) is 4.71. The molecule has 0 bridgehead atoms. The van der Waals surface area contributed by atoms with Crippen molar-refractivity contribution in [3.63, 3.8) is 0 Å². The molecule has 8 nitrogen and oxygen atoms in total. The third-order valence-electron chi connectivity index (χ3n) is 6.83. The Morgan fingerprint density at radius 1 is 0.952 bits per heavy atom. The molecule has 0 spiro atoms. The van der Waals surface area contributed by atoms with Crippen molar-refractivity contribution in [2.24, 2.45) is 0 Å². The molecule has 0 aliphatic carbocycles. The van der Waals surface area contributed by atoms with Crippen LogP contribution in [0, 0.1) is 36.5 Å². The number of carbonyl (C=O) groups is 1. The van der Waals surface area contributed by atoms with Gasteiger partial charge in [-0.3, -0.25) is 4.79 Å². The van der Waals surface area contributed by atoms with Gasteiger partial charge in [0.05, 0.1) is 46.6 Å². The van der Waals surface area contributed by atoms with Crippen molar-refractivity contribution in [1.82, 2.24) is 14.9 Å². The van der Waals surface area contributed by atoms with Gasteiger partial charge in [0.1, 0.15) is 5.75 Å². The second-order valence-corrected chi connectivity index (χ2v) is 9.80. The molecule has 0 saturated heterocycles. The minimum absolute atomic E-state index is 0.0794. The summed E-state index contributed by atoms with van der Waals surface area (Å²) in [5.74, 6) is 0.535. The van der Waals surface area contributed by atoms with E-state index in [4.69, 9.17) is 10.00 Å². The van der Waals surface area contributed by atoms with Crippen molar-refractivity contribution in [1.29, 1.82) is 10.5 Å². The Labute approximate surface area is 239 Å². The Bertz CT molecular complexity index is 1730. The Morgan fingerprint density at radius 2 is 1.60 bits per heavy atom. The number of aromatic nitrogens is 2. The van der Waals surface area contributed by atoms with Crippen LogP contribution in [0.2, 0.25) is 0 Å². The first-order valence-corrected chi connectivity index (χ1v) is 12.9. The highest BCUT2D eigenvalue weighted by Gasteiger charge is 2.31. The van der Waals surface area contributed by atoms with Gasteiger partial charge in [0.15, 0.2) is 0 Å². The predicted molar refractivity (Wildman–Crippen MR) is 147 cm³/mol. The monoisotopic (exact) mass is 568 g/mol. The molecular formula is C31H23F3N6O2. The number of hydrogen-bond donors (Lipinski definition) is 1. The Balaban J connectivity index is 1.49. The third kappa shape index (κ3) is 5.86. The number of hydrogen-bond acceptors (Lipinski definition) is 7. The van der Waals surface area contributed by atoms with Crippen LogP contribution in [0.4, 0.5) is 24.8 Å². The van der Waals surface area contributed by atoms with Crippen LogP contribution in [0.25, 0.3) is 0 Å². The molecule has 0 fully saturated rings. The van der Waals surface area contributed by atoms with E-state index in [1.165, 1.54) is 17.0 Å². The number of benzene rings is 3. The molecule has 11 heteroatoms. The molecular weight excluding hydrogens is 545 g/mol. The van der Waals surface area contributed by atoms with Crippen molar-refractivity contribution in [2.75, 3.05) is 11.9 Å². The van der Waals surface area contributed by atoms with Gasteiger partial charge in [-0.2, -0.15) is 28.7 Å². The standard InChI is InChI=1S/C31H23F3N6O2/c1-18-13-21(16-36)14-19(2)27(18)42-28-25-17-40(29(41)22-5-7-23(8-6-22)31(32,33)34)12-11-26(25)38-30(39-28)37-24-9-3-20(15-35)4-10-24/h3-10,13-14H,11-12,17H2,1-2H3,(H,37,38,39). The zero-order valence-electron chi connectivity index (χ0n) is 22.6. The Kier molecular flexibility index (Phi) is 7.51. The first-order chi connectivity index (χ1) is 20.0. The Hall–Kier alpha value is -5.42. The van der Waals surface area contributed by atoms with Gasteiger partial charge in [0, 0.05) is 24.2 Å². The summed E-state index contributed by atoms with van der Waals surface area (Å²) in [6, 6.07) is 18.5. The number of nitriles is 2. The average Bonchev–Trinajstić information content (AvgIpc) is 2.98. The van der Waals surface area contributed by atoms with Crippen molar-refractivity contribution in [2.45, 2.75) is 33.0 Å². The highest BCUT2D eigenvalue weighted by Crippen LogP contribution is 2.35. The lowest BCUT2D eigenvalue weighted by atomic mass is 10.0. The lowest BCUT2D eigenvalue weighted by Crippen LogP contribution is -2.36. The average molecular weight is 569 g/mol. The zero-order chi connectivity index (χ0) is 30.0. The number of fused-ring (bicyclic) bond motifs is 1. The molecule has 0 saturated carbocycles. The van der Waals surface area contributed by atoms with Crippen LogP contribution in [0.3, 0.4) is 0 Å². The van der Waals surface area contributed by atoms with Gasteiger partial charge in [-0.25, -0.2) is 4.98 Å². The van der Waals surface area contributed by atoms with E-state index in [0.29, 0.717) is 51.4 Å². The molecule has 0 atom stereocenters. The van der Waals surface area contributed by atoms with E-state index in [1.54, 1.807) is 36.4 Å². The van der Waals surface area contributed by atoms with Gasteiger partial charge in [-0.05, 0) is 85.6 Å². The first kappa shape index (κ1) is 28.1. The number of aryl methyl sites for hydroxylation is 2. The fraction of sp³-hybridized carbons (Fsp3) is 0.194. The third-order valence-corrected chi connectivity index (χ3v) is 6.83. The number of amides is 1. The summed E-state index contributed by atoms with van der Waals surface area (Å²) >= 11 is 0. The largest absolute Gasteiger partial charge is 0.438 e. The molecule has 1 aliphatic rings. The summed E-state index contributed by atoms with van der Waals surface area (Å²) in [5.41, 5.74) is 3.59. The van der Waals surface area contributed by atoms with Crippen LogP contribution in [-0.4, -0.2) is 27.3 Å². The van der Waals surface area contributed by atoms with Crippen LogP contribution in [-0.2, 0) is 19.1 Å². The van der Waals surface area contributed by atoms with Crippen molar-refractivity contribution < 1.29 is 22.7 Å². The van der Waals surface area contributed by atoms with Crippen molar-refractivity contribution in [3.05, 3.63) is 105 Å². The molecule has 2 heterocycles. The zero-order valence-corrected chi connectivity index (χ0v) is 22.6. The number of rotatable bonds is 5. The summed E-state index contributed by atoms with van der Waals surface area (Å²) in [6.45, 7) is 3.99. The number of anilines is 2. The number of nitrogens with one attached hydrogen (secondary N) is 1. The van der Waals surface area contributed by atoms with E-state index < -0.39 is 17.6 Å². The van der Waals surface area contributed by atoms with E-state index in [9.17, 15) is 23.2 Å². The SMILES string of the molecule is Cc1cc(C#N)cc(C)c1Oc1nc(Nc2ccc(C#N)cc2)nc2c1CN(C(=O)c1ccc(C(F)(F)F)cc1)CC2. The molecule has 5 rings (SSSR count).